The van der Waals surface area contributed by atoms with Crippen LogP contribution in [0, 0.1) is 13.8 Å². The summed E-state index contributed by atoms with van der Waals surface area (Å²) in [7, 11) is 0. The molecule has 0 fully saturated rings. The lowest BCUT2D eigenvalue weighted by molar-refractivity contribution is 0.507. The third-order valence-electron chi connectivity index (χ3n) is 3.54. The van der Waals surface area contributed by atoms with E-state index in [1.807, 2.05) is 6.92 Å². The van der Waals surface area contributed by atoms with Gasteiger partial charge in [0.15, 0.2) is 0 Å². The van der Waals surface area contributed by atoms with Crippen molar-refractivity contribution in [3.8, 4) is 0 Å². The molecule has 0 aliphatic carbocycles. The predicted molar refractivity (Wildman–Crippen MR) is 77.0 cm³/mol. The highest BCUT2D eigenvalue weighted by molar-refractivity contribution is 5.85. The van der Waals surface area contributed by atoms with Crippen molar-refractivity contribution in [1.29, 1.82) is 0 Å². The Morgan fingerprint density at radius 2 is 1.78 bits per heavy atom. The number of rotatable bonds is 1. The molecule has 2 aromatic rings. The molecular weight excluding hydrogens is 222 g/mol. The Morgan fingerprint density at radius 1 is 1.17 bits per heavy atom. The highest BCUT2D eigenvalue weighted by Gasteiger charge is 2.20. The van der Waals surface area contributed by atoms with Gasteiger partial charge < -0.3 is 10.2 Å². The molecule has 98 valence electrons. The average Bonchev–Trinajstić information content (AvgIpc) is 2.56. The summed E-state index contributed by atoms with van der Waals surface area (Å²) in [5, 5.41) is 1.20. The number of furan rings is 1. The van der Waals surface area contributed by atoms with E-state index in [1.165, 1.54) is 22.1 Å². The molecule has 1 heterocycles. The van der Waals surface area contributed by atoms with E-state index in [9.17, 15) is 0 Å². The molecule has 0 bridgehead atoms. The minimum absolute atomic E-state index is 0.0603. The van der Waals surface area contributed by atoms with Gasteiger partial charge >= 0.3 is 0 Å². The molecule has 0 saturated heterocycles. The lowest BCUT2D eigenvalue weighted by Crippen LogP contribution is -2.11. The van der Waals surface area contributed by atoms with Crippen LogP contribution in [0.1, 0.15) is 56.2 Å². The molecule has 0 aliphatic heterocycles. The predicted octanol–water partition coefficient (Wildman–Crippen LogP) is 4.37. The highest BCUT2D eigenvalue weighted by Crippen LogP contribution is 2.34. The molecule has 1 aromatic heterocycles. The van der Waals surface area contributed by atoms with Crippen molar-refractivity contribution in [3.63, 3.8) is 0 Å². The van der Waals surface area contributed by atoms with Gasteiger partial charge in [0.1, 0.15) is 11.3 Å². The summed E-state index contributed by atoms with van der Waals surface area (Å²) >= 11 is 0. The Labute approximate surface area is 109 Å². The molecule has 1 unspecified atom stereocenters. The molecule has 0 saturated carbocycles. The van der Waals surface area contributed by atoms with Gasteiger partial charge in [0.2, 0.25) is 0 Å². The number of fused-ring (bicyclic) bond motifs is 1. The van der Waals surface area contributed by atoms with Crippen LogP contribution in [-0.4, -0.2) is 0 Å². The van der Waals surface area contributed by atoms with Crippen molar-refractivity contribution < 1.29 is 4.42 Å². The van der Waals surface area contributed by atoms with Crippen LogP contribution in [0.15, 0.2) is 16.5 Å². The SMILES string of the molecule is Cc1c(C(C)N)oc2c(C)cc(C(C)(C)C)cc12. The second-order valence-electron chi connectivity index (χ2n) is 6.30. The molecule has 18 heavy (non-hydrogen) atoms. The minimum atomic E-state index is -0.0603. The van der Waals surface area contributed by atoms with Crippen molar-refractivity contribution in [2.24, 2.45) is 5.73 Å². The van der Waals surface area contributed by atoms with Crippen LogP contribution in [0.5, 0.6) is 0 Å². The van der Waals surface area contributed by atoms with E-state index in [1.54, 1.807) is 0 Å². The van der Waals surface area contributed by atoms with E-state index < -0.39 is 0 Å². The zero-order valence-corrected chi connectivity index (χ0v) is 12.2. The Morgan fingerprint density at radius 3 is 2.28 bits per heavy atom. The lowest BCUT2D eigenvalue weighted by Gasteiger charge is -2.19. The average molecular weight is 245 g/mol. The molecule has 2 nitrogen and oxygen atoms in total. The third kappa shape index (κ3) is 2.05. The van der Waals surface area contributed by atoms with E-state index in [4.69, 9.17) is 10.2 Å². The van der Waals surface area contributed by atoms with Crippen LogP contribution in [-0.2, 0) is 5.41 Å². The number of hydrogen-bond acceptors (Lipinski definition) is 2. The molecule has 0 aliphatic rings. The van der Waals surface area contributed by atoms with Gasteiger partial charge in [-0.25, -0.2) is 0 Å². The largest absolute Gasteiger partial charge is 0.459 e. The maximum atomic E-state index is 5.96. The van der Waals surface area contributed by atoms with Crippen molar-refractivity contribution >= 4 is 11.0 Å². The molecular formula is C16H23NO. The molecule has 2 heteroatoms. The monoisotopic (exact) mass is 245 g/mol. The normalized spacial score (nSPS) is 14.2. The molecule has 1 aromatic carbocycles. The van der Waals surface area contributed by atoms with Crippen molar-refractivity contribution in [1.82, 2.24) is 0 Å². The molecule has 0 radical (unpaired) electrons. The van der Waals surface area contributed by atoms with E-state index in [2.05, 4.69) is 46.8 Å². The van der Waals surface area contributed by atoms with Crippen LogP contribution in [0.2, 0.25) is 0 Å². The Kier molecular flexibility index (Phi) is 3.02. The van der Waals surface area contributed by atoms with Crippen molar-refractivity contribution in [2.75, 3.05) is 0 Å². The Hall–Kier alpha value is -1.28. The van der Waals surface area contributed by atoms with Gasteiger partial charge in [0, 0.05) is 5.39 Å². The fourth-order valence-electron chi connectivity index (χ4n) is 2.37. The van der Waals surface area contributed by atoms with Gasteiger partial charge in [-0.15, -0.1) is 0 Å². The second-order valence-corrected chi connectivity index (χ2v) is 6.30. The van der Waals surface area contributed by atoms with E-state index in [-0.39, 0.29) is 11.5 Å². The van der Waals surface area contributed by atoms with Gasteiger partial charge in [0.05, 0.1) is 6.04 Å². The van der Waals surface area contributed by atoms with Gasteiger partial charge in [-0.3, -0.25) is 0 Å². The van der Waals surface area contributed by atoms with Gasteiger partial charge in [-0.05, 0) is 48.9 Å². The van der Waals surface area contributed by atoms with Gasteiger partial charge in [0.25, 0.3) is 0 Å². The first-order chi connectivity index (χ1) is 8.21. The third-order valence-corrected chi connectivity index (χ3v) is 3.54. The van der Waals surface area contributed by atoms with Crippen LogP contribution >= 0.6 is 0 Å². The van der Waals surface area contributed by atoms with Crippen molar-refractivity contribution in [3.05, 3.63) is 34.6 Å². The van der Waals surface area contributed by atoms with Crippen LogP contribution in [0.4, 0.5) is 0 Å². The Balaban J connectivity index is 2.76. The maximum Gasteiger partial charge on any atom is 0.137 e. The number of hydrogen-bond donors (Lipinski definition) is 1. The molecule has 2 rings (SSSR count). The van der Waals surface area contributed by atoms with Crippen molar-refractivity contribution in [2.45, 2.75) is 53.0 Å². The highest BCUT2D eigenvalue weighted by atomic mass is 16.3. The quantitative estimate of drug-likeness (QED) is 0.810. The second kappa shape index (κ2) is 4.13. The summed E-state index contributed by atoms with van der Waals surface area (Å²) in [5.74, 6) is 0.902. The zero-order valence-electron chi connectivity index (χ0n) is 12.2. The molecule has 1 atom stereocenters. The van der Waals surface area contributed by atoms with E-state index in [0.29, 0.717) is 0 Å². The summed E-state index contributed by atoms with van der Waals surface area (Å²) in [5.41, 5.74) is 10.8. The van der Waals surface area contributed by atoms with E-state index in [0.717, 1.165) is 11.3 Å². The molecule has 2 N–H and O–H groups in total. The first-order valence-corrected chi connectivity index (χ1v) is 6.51. The minimum Gasteiger partial charge on any atom is -0.459 e. The van der Waals surface area contributed by atoms with Crippen LogP contribution in [0.3, 0.4) is 0 Å². The summed E-state index contributed by atoms with van der Waals surface area (Å²) < 4.78 is 5.93. The first-order valence-electron chi connectivity index (χ1n) is 6.51. The number of aryl methyl sites for hydroxylation is 2. The zero-order chi connectivity index (χ0) is 13.7. The van der Waals surface area contributed by atoms with E-state index >= 15 is 0 Å². The first kappa shape index (κ1) is 13.2. The number of nitrogens with two attached hydrogens (primary N) is 1. The lowest BCUT2D eigenvalue weighted by atomic mass is 9.85. The number of benzene rings is 1. The standard InChI is InChI=1S/C16H23NO/c1-9-7-12(16(4,5)6)8-13-10(2)15(11(3)17)18-14(9)13/h7-8,11H,17H2,1-6H3. The summed E-state index contributed by atoms with van der Waals surface area (Å²) in [6, 6.07) is 4.40. The molecule has 0 spiro atoms. The summed E-state index contributed by atoms with van der Waals surface area (Å²) in [6.07, 6.45) is 0. The molecule has 0 amide bonds. The summed E-state index contributed by atoms with van der Waals surface area (Å²) in [4.78, 5) is 0. The van der Waals surface area contributed by atoms with Gasteiger partial charge in [-0.2, -0.15) is 0 Å². The maximum absolute atomic E-state index is 5.96. The fraction of sp³-hybridized carbons (Fsp3) is 0.500. The summed E-state index contributed by atoms with van der Waals surface area (Å²) in [6.45, 7) is 12.9. The fourth-order valence-corrected chi connectivity index (χ4v) is 2.37. The van der Waals surface area contributed by atoms with Crippen LogP contribution in [0.25, 0.3) is 11.0 Å². The smallest absolute Gasteiger partial charge is 0.137 e. The topological polar surface area (TPSA) is 39.2 Å². The Bertz CT molecular complexity index is 585. The van der Waals surface area contributed by atoms with Crippen LogP contribution < -0.4 is 5.73 Å². The van der Waals surface area contributed by atoms with Gasteiger partial charge in [-0.1, -0.05) is 26.8 Å².